The van der Waals surface area contributed by atoms with Gasteiger partial charge in [0.05, 0.1) is 11.0 Å². The fourth-order valence-electron chi connectivity index (χ4n) is 0.835. The Morgan fingerprint density at radius 1 is 1.46 bits per heavy atom. The van der Waals surface area contributed by atoms with Crippen LogP contribution in [0.3, 0.4) is 0 Å². The molecule has 0 heterocycles. The van der Waals surface area contributed by atoms with Crippen molar-refractivity contribution in [1.82, 2.24) is 0 Å². The number of rotatable bonds is 3. The van der Waals surface area contributed by atoms with Crippen molar-refractivity contribution < 1.29 is 14.5 Å². The number of hydrogen-bond donors (Lipinski definition) is 1. The van der Waals surface area contributed by atoms with Crippen LogP contribution in [0.4, 0.5) is 11.4 Å². The van der Waals surface area contributed by atoms with E-state index in [9.17, 15) is 14.9 Å². The Hall–Kier alpha value is -2.11. The molecule has 0 aliphatic rings. The maximum Gasteiger partial charge on any atom is 0.298 e. The lowest BCUT2D eigenvalue weighted by Crippen LogP contribution is -1.95. The summed E-state index contributed by atoms with van der Waals surface area (Å²) < 4.78 is 4.41. The molecule has 0 saturated heterocycles. The summed E-state index contributed by atoms with van der Waals surface area (Å²) in [5.41, 5.74) is 5.29. The van der Waals surface area contributed by atoms with Gasteiger partial charge in [0.1, 0.15) is 5.75 Å². The first-order valence-corrected chi connectivity index (χ1v) is 3.29. The van der Waals surface area contributed by atoms with Crippen molar-refractivity contribution in [3.05, 3.63) is 28.3 Å². The molecule has 0 saturated carbocycles. The van der Waals surface area contributed by atoms with E-state index in [0.29, 0.717) is 0 Å². The van der Waals surface area contributed by atoms with Gasteiger partial charge in [0.25, 0.3) is 12.2 Å². The van der Waals surface area contributed by atoms with Gasteiger partial charge in [-0.25, -0.2) is 0 Å². The number of nitrogens with two attached hydrogens (primary N) is 1. The number of nitrogen functional groups attached to an aromatic ring is 1. The summed E-state index contributed by atoms with van der Waals surface area (Å²) in [6.07, 6.45) is 0. The van der Waals surface area contributed by atoms with Crippen LogP contribution in [-0.4, -0.2) is 11.4 Å². The van der Waals surface area contributed by atoms with E-state index < -0.39 is 4.92 Å². The summed E-state index contributed by atoms with van der Waals surface area (Å²) >= 11 is 0. The highest BCUT2D eigenvalue weighted by atomic mass is 16.6. The minimum absolute atomic E-state index is 0.0571. The monoisotopic (exact) mass is 182 g/mol. The Labute approximate surface area is 73.1 Å². The largest absolute Gasteiger partial charge is 0.428 e. The molecule has 0 unspecified atom stereocenters. The van der Waals surface area contributed by atoms with Crippen LogP contribution in [-0.2, 0) is 4.79 Å². The number of nitro groups is 1. The molecule has 6 nitrogen and oxygen atoms in total. The molecule has 6 heteroatoms. The number of carbonyl (C=O) groups excluding carboxylic acids is 1. The number of nitro benzene ring substituents is 1. The van der Waals surface area contributed by atoms with Crippen molar-refractivity contribution in [3.63, 3.8) is 0 Å². The Morgan fingerprint density at radius 2 is 2.15 bits per heavy atom. The van der Waals surface area contributed by atoms with Crippen LogP contribution >= 0.6 is 0 Å². The minimum Gasteiger partial charge on any atom is -0.428 e. The second-order valence-electron chi connectivity index (χ2n) is 2.23. The number of benzene rings is 1. The van der Waals surface area contributed by atoms with Gasteiger partial charge in [0, 0.05) is 17.8 Å². The van der Waals surface area contributed by atoms with Crippen LogP contribution in [0.1, 0.15) is 0 Å². The molecule has 13 heavy (non-hydrogen) atoms. The third-order valence-electron chi connectivity index (χ3n) is 1.31. The molecule has 0 spiro atoms. The average Bonchev–Trinajstić information content (AvgIpc) is 2.03. The van der Waals surface area contributed by atoms with E-state index in [1.54, 1.807) is 0 Å². The highest BCUT2D eigenvalue weighted by molar-refractivity contribution is 5.56. The van der Waals surface area contributed by atoms with E-state index >= 15 is 0 Å². The van der Waals surface area contributed by atoms with Gasteiger partial charge in [-0.15, -0.1) is 0 Å². The molecule has 0 aliphatic carbocycles. The molecule has 0 amide bonds. The van der Waals surface area contributed by atoms with Gasteiger partial charge in [0.15, 0.2) is 0 Å². The van der Waals surface area contributed by atoms with E-state index in [4.69, 9.17) is 5.73 Å². The molecule has 0 radical (unpaired) electrons. The SMILES string of the molecule is Nc1cc(OC=O)cc([N+](=O)[O-])c1. The van der Waals surface area contributed by atoms with Crippen molar-refractivity contribution in [2.75, 3.05) is 5.73 Å². The van der Waals surface area contributed by atoms with E-state index in [-0.39, 0.29) is 23.6 Å². The highest BCUT2D eigenvalue weighted by Crippen LogP contribution is 2.23. The van der Waals surface area contributed by atoms with Crippen molar-refractivity contribution in [2.45, 2.75) is 0 Å². The van der Waals surface area contributed by atoms with Gasteiger partial charge >= 0.3 is 0 Å². The van der Waals surface area contributed by atoms with Crippen LogP contribution in [0, 0.1) is 10.1 Å². The molecule has 0 fully saturated rings. The lowest BCUT2D eigenvalue weighted by molar-refractivity contribution is -0.384. The lowest BCUT2D eigenvalue weighted by Gasteiger charge is -1.99. The third kappa shape index (κ3) is 2.16. The molecule has 2 N–H and O–H groups in total. The molecule has 1 aromatic rings. The van der Waals surface area contributed by atoms with E-state index in [1.165, 1.54) is 12.1 Å². The lowest BCUT2D eigenvalue weighted by atomic mass is 10.2. The molecule has 0 aromatic heterocycles. The summed E-state index contributed by atoms with van der Waals surface area (Å²) in [6.45, 7) is 0.179. The van der Waals surface area contributed by atoms with Crippen LogP contribution in [0.2, 0.25) is 0 Å². The first-order chi connectivity index (χ1) is 6.13. The summed E-state index contributed by atoms with van der Waals surface area (Å²) in [4.78, 5) is 19.6. The van der Waals surface area contributed by atoms with Crippen molar-refractivity contribution in [2.24, 2.45) is 0 Å². The number of anilines is 1. The Kier molecular flexibility index (Phi) is 2.44. The summed E-state index contributed by atoms with van der Waals surface area (Å²) in [5.74, 6) is 0.0571. The maximum atomic E-state index is 10.3. The fourth-order valence-corrected chi connectivity index (χ4v) is 0.835. The number of hydrogen-bond acceptors (Lipinski definition) is 5. The van der Waals surface area contributed by atoms with Gasteiger partial charge in [-0.2, -0.15) is 0 Å². The van der Waals surface area contributed by atoms with Gasteiger partial charge in [-0.05, 0) is 0 Å². The van der Waals surface area contributed by atoms with Crippen molar-refractivity contribution in [3.8, 4) is 5.75 Å². The Bertz CT molecular complexity index is 350. The third-order valence-corrected chi connectivity index (χ3v) is 1.31. The molecule has 1 rings (SSSR count). The average molecular weight is 182 g/mol. The topological polar surface area (TPSA) is 95.5 Å². The van der Waals surface area contributed by atoms with E-state index in [2.05, 4.69) is 4.74 Å². The summed E-state index contributed by atoms with van der Waals surface area (Å²) in [6, 6.07) is 3.61. The van der Waals surface area contributed by atoms with Gasteiger partial charge < -0.3 is 10.5 Å². The first kappa shape index (κ1) is 8.98. The zero-order valence-corrected chi connectivity index (χ0v) is 6.47. The molecular weight excluding hydrogens is 176 g/mol. The standard InChI is InChI=1S/C7H6N2O4/c8-5-1-6(9(11)12)3-7(2-5)13-4-10/h1-4H,8H2. The fraction of sp³-hybridized carbons (Fsp3) is 0. The molecule has 0 bridgehead atoms. The molecule has 1 aromatic carbocycles. The number of nitrogens with zero attached hydrogens (tertiary/aromatic N) is 1. The second kappa shape index (κ2) is 3.53. The molecule has 0 aliphatic heterocycles. The predicted octanol–water partition coefficient (Wildman–Crippen LogP) is 0.712. The Balaban J connectivity index is 3.10. The summed E-state index contributed by atoms with van der Waals surface area (Å²) in [5, 5.41) is 10.3. The van der Waals surface area contributed by atoms with Crippen LogP contribution in [0.15, 0.2) is 18.2 Å². The van der Waals surface area contributed by atoms with Crippen LogP contribution < -0.4 is 10.5 Å². The minimum atomic E-state index is -0.617. The number of non-ortho nitro benzene ring substituents is 1. The van der Waals surface area contributed by atoms with E-state index in [0.717, 1.165) is 6.07 Å². The second-order valence-corrected chi connectivity index (χ2v) is 2.23. The van der Waals surface area contributed by atoms with Crippen LogP contribution in [0.25, 0.3) is 0 Å². The van der Waals surface area contributed by atoms with E-state index in [1.807, 2.05) is 0 Å². The smallest absolute Gasteiger partial charge is 0.298 e. The molecular formula is C7H6N2O4. The normalized spacial score (nSPS) is 9.23. The van der Waals surface area contributed by atoms with Gasteiger partial charge in [-0.1, -0.05) is 0 Å². The zero-order valence-electron chi connectivity index (χ0n) is 6.47. The summed E-state index contributed by atoms with van der Waals surface area (Å²) in [7, 11) is 0. The zero-order chi connectivity index (χ0) is 9.84. The first-order valence-electron chi connectivity index (χ1n) is 3.29. The van der Waals surface area contributed by atoms with Crippen molar-refractivity contribution >= 4 is 17.8 Å². The van der Waals surface area contributed by atoms with Crippen LogP contribution in [0.5, 0.6) is 5.75 Å². The molecule has 68 valence electrons. The predicted molar refractivity (Wildman–Crippen MR) is 44.2 cm³/mol. The molecule has 0 atom stereocenters. The quantitative estimate of drug-likeness (QED) is 0.321. The van der Waals surface area contributed by atoms with Gasteiger partial charge in [0.2, 0.25) is 0 Å². The van der Waals surface area contributed by atoms with Gasteiger partial charge in [-0.3, -0.25) is 14.9 Å². The highest BCUT2D eigenvalue weighted by Gasteiger charge is 2.08. The number of carbonyl (C=O) groups is 1. The Morgan fingerprint density at radius 3 is 2.69 bits per heavy atom. The van der Waals surface area contributed by atoms with Crippen molar-refractivity contribution in [1.29, 1.82) is 0 Å². The maximum absolute atomic E-state index is 10.3. The number of ether oxygens (including phenoxy) is 1.